The third kappa shape index (κ3) is 3.33. The van der Waals surface area contributed by atoms with Crippen LogP contribution >= 0.6 is 27.5 Å². The number of halogens is 2. The van der Waals surface area contributed by atoms with Crippen molar-refractivity contribution in [2.24, 2.45) is 0 Å². The van der Waals surface area contributed by atoms with Crippen LogP contribution in [0.4, 0.5) is 0 Å². The van der Waals surface area contributed by atoms with Crippen molar-refractivity contribution in [3.8, 4) is 0 Å². The molecule has 2 aromatic carbocycles. The largest absolute Gasteiger partial charge is 0.316 e. The van der Waals surface area contributed by atoms with E-state index in [9.17, 15) is 0 Å². The van der Waals surface area contributed by atoms with Gasteiger partial charge in [0.05, 0.1) is 0 Å². The Morgan fingerprint density at radius 2 is 2.00 bits per heavy atom. The van der Waals surface area contributed by atoms with Crippen LogP contribution in [0.3, 0.4) is 0 Å². The van der Waals surface area contributed by atoms with Crippen molar-refractivity contribution in [3.63, 3.8) is 0 Å². The van der Waals surface area contributed by atoms with E-state index in [-0.39, 0.29) is 0 Å². The molecule has 21 heavy (non-hydrogen) atoms. The van der Waals surface area contributed by atoms with Crippen molar-refractivity contribution in [2.75, 3.05) is 13.1 Å². The normalized spacial score (nSPS) is 22.2. The third-order valence-electron chi connectivity index (χ3n) is 4.31. The Hall–Kier alpha value is -0.830. The van der Waals surface area contributed by atoms with E-state index in [0.717, 1.165) is 24.5 Å². The molecule has 0 saturated carbocycles. The first-order valence-electron chi connectivity index (χ1n) is 7.37. The second-order valence-electron chi connectivity index (χ2n) is 5.79. The molecule has 0 aliphatic carbocycles. The average Bonchev–Trinajstić information content (AvgIpc) is 2.47. The van der Waals surface area contributed by atoms with E-state index in [4.69, 9.17) is 11.6 Å². The van der Waals surface area contributed by atoms with Gasteiger partial charge in [-0.2, -0.15) is 0 Å². The first-order chi connectivity index (χ1) is 10.1. The first-order valence-corrected chi connectivity index (χ1v) is 8.54. The van der Waals surface area contributed by atoms with E-state index in [2.05, 4.69) is 58.5 Å². The van der Waals surface area contributed by atoms with Crippen molar-refractivity contribution >= 4 is 27.5 Å². The molecular formula is C18H19BrClN. The van der Waals surface area contributed by atoms with Gasteiger partial charge in [-0.05, 0) is 60.7 Å². The maximum Gasteiger partial charge on any atom is 0.0408 e. The van der Waals surface area contributed by atoms with Gasteiger partial charge in [-0.3, -0.25) is 0 Å². The molecule has 1 heterocycles. The molecule has 2 aromatic rings. The number of benzene rings is 2. The second kappa shape index (κ2) is 6.51. The van der Waals surface area contributed by atoms with Gasteiger partial charge < -0.3 is 5.32 Å². The molecule has 1 nitrogen and oxygen atoms in total. The van der Waals surface area contributed by atoms with Gasteiger partial charge in [0.25, 0.3) is 0 Å². The Labute approximate surface area is 139 Å². The van der Waals surface area contributed by atoms with Crippen LogP contribution in [0.25, 0.3) is 0 Å². The monoisotopic (exact) mass is 363 g/mol. The molecule has 2 atom stereocenters. The van der Waals surface area contributed by atoms with Crippen LogP contribution in [-0.4, -0.2) is 13.1 Å². The van der Waals surface area contributed by atoms with Gasteiger partial charge in [-0.1, -0.05) is 51.8 Å². The zero-order valence-electron chi connectivity index (χ0n) is 12.1. The number of hydrogen-bond acceptors (Lipinski definition) is 1. The highest BCUT2D eigenvalue weighted by Gasteiger charge is 2.29. The highest BCUT2D eigenvalue weighted by atomic mass is 79.9. The smallest absolute Gasteiger partial charge is 0.0408 e. The Kier molecular flexibility index (Phi) is 4.68. The minimum Gasteiger partial charge on any atom is -0.316 e. The lowest BCUT2D eigenvalue weighted by atomic mass is 9.77. The van der Waals surface area contributed by atoms with Gasteiger partial charge >= 0.3 is 0 Å². The molecule has 1 saturated heterocycles. The topological polar surface area (TPSA) is 12.0 Å². The van der Waals surface area contributed by atoms with Crippen LogP contribution < -0.4 is 5.32 Å². The van der Waals surface area contributed by atoms with E-state index in [1.54, 1.807) is 0 Å². The van der Waals surface area contributed by atoms with Crippen molar-refractivity contribution in [3.05, 3.63) is 68.7 Å². The van der Waals surface area contributed by atoms with Crippen LogP contribution in [0.2, 0.25) is 5.02 Å². The summed E-state index contributed by atoms with van der Waals surface area (Å²) in [6.45, 7) is 4.21. The molecule has 110 valence electrons. The molecule has 0 radical (unpaired) electrons. The minimum absolute atomic E-state index is 0.469. The summed E-state index contributed by atoms with van der Waals surface area (Å²) in [6.07, 6.45) is 1.15. The fraction of sp³-hybridized carbons (Fsp3) is 0.333. The van der Waals surface area contributed by atoms with Gasteiger partial charge in [-0.15, -0.1) is 0 Å². The van der Waals surface area contributed by atoms with Crippen molar-refractivity contribution in [1.29, 1.82) is 0 Å². The van der Waals surface area contributed by atoms with E-state index in [1.807, 2.05) is 12.1 Å². The summed E-state index contributed by atoms with van der Waals surface area (Å²) in [5.74, 6) is 0.996. The summed E-state index contributed by atoms with van der Waals surface area (Å²) >= 11 is 9.93. The van der Waals surface area contributed by atoms with Crippen LogP contribution in [-0.2, 0) is 0 Å². The lowest BCUT2D eigenvalue weighted by Crippen LogP contribution is -2.34. The molecule has 0 spiro atoms. The molecule has 1 aliphatic rings. The van der Waals surface area contributed by atoms with Crippen LogP contribution in [0.1, 0.15) is 34.9 Å². The minimum atomic E-state index is 0.469. The van der Waals surface area contributed by atoms with Crippen LogP contribution in [0, 0.1) is 6.92 Å². The number of aryl methyl sites for hydroxylation is 1. The predicted octanol–water partition coefficient (Wildman–Crippen LogP) is 5.27. The zero-order valence-corrected chi connectivity index (χ0v) is 14.4. The number of piperidine rings is 1. The Bertz CT molecular complexity index is 641. The third-order valence-corrected chi connectivity index (χ3v) is 5.24. The van der Waals surface area contributed by atoms with E-state index in [1.165, 1.54) is 21.2 Å². The summed E-state index contributed by atoms with van der Waals surface area (Å²) in [6, 6.07) is 15.0. The van der Waals surface area contributed by atoms with E-state index < -0.39 is 0 Å². The molecule has 0 bridgehead atoms. The van der Waals surface area contributed by atoms with E-state index >= 15 is 0 Å². The summed E-state index contributed by atoms with van der Waals surface area (Å²) in [7, 11) is 0. The summed E-state index contributed by atoms with van der Waals surface area (Å²) in [4.78, 5) is 0. The fourth-order valence-electron chi connectivity index (χ4n) is 3.25. The number of hydrogen-bond donors (Lipinski definition) is 1. The lowest BCUT2D eigenvalue weighted by Gasteiger charge is -2.33. The molecule has 3 heteroatoms. The fourth-order valence-corrected chi connectivity index (χ4v) is 4.24. The maximum atomic E-state index is 6.18. The van der Waals surface area contributed by atoms with Gasteiger partial charge in [0.2, 0.25) is 0 Å². The lowest BCUT2D eigenvalue weighted by molar-refractivity contribution is 0.403. The van der Waals surface area contributed by atoms with Crippen molar-refractivity contribution in [2.45, 2.75) is 25.2 Å². The highest BCUT2D eigenvalue weighted by molar-refractivity contribution is 9.10. The van der Waals surface area contributed by atoms with Crippen molar-refractivity contribution in [1.82, 2.24) is 5.32 Å². The van der Waals surface area contributed by atoms with Gasteiger partial charge in [0, 0.05) is 22.0 Å². The molecule has 1 fully saturated rings. The standard InChI is InChI=1S/C18H19BrClN/c1-12-5-6-16(18(19)9-12)15-7-8-21-11-17(15)13-3-2-4-14(20)10-13/h2-6,9-10,15,17,21H,7-8,11H2,1H3. The molecule has 0 aromatic heterocycles. The van der Waals surface area contributed by atoms with Gasteiger partial charge in [0.1, 0.15) is 0 Å². The molecule has 2 unspecified atom stereocenters. The Morgan fingerprint density at radius 1 is 1.14 bits per heavy atom. The first kappa shape index (κ1) is 15.1. The maximum absolute atomic E-state index is 6.18. The SMILES string of the molecule is Cc1ccc(C2CCNCC2c2cccc(Cl)c2)c(Br)c1. The number of nitrogens with one attached hydrogen (secondary N) is 1. The average molecular weight is 365 g/mol. The molecule has 0 amide bonds. The summed E-state index contributed by atoms with van der Waals surface area (Å²) < 4.78 is 1.22. The van der Waals surface area contributed by atoms with Crippen LogP contribution in [0.5, 0.6) is 0 Å². The summed E-state index contributed by atoms with van der Waals surface area (Å²) in [5, 5.41) is 4.34. The second-order valence-corrected chi connectivity index (χ2v) is 7.08. The number of rotatable bonds is 2. The van der Waals surface area contributed by atoms with Crippen LogP contribution in [0.15, 0.2) is 46.9 Å². The Morgan fingerprint density at radius 3 is 2.76 bits per heavy atom. The summed E-state index contributed by atoms with van der Waals surface area (Å²) in [5.41, 5.74) is 4.03. The molecule has 1 N–H and O–H groups in total. The van der Waals surface area contributed by atoms with Gasteiger partial charge in [-0.25, -0.2) is 0 Å². The Balaban J connectivity index is 1.98. The molecular weight excluding hydrogens is 346 g/mol. The van der Waals surface area contributed by atoms with Crippen molar-refractivity contribution < 1.29 is 0 Å². The van der Waals surface area contributed by atoms with E-state index in [0.29, 0.717) is 11.8 Å². The van der Waals surface area contributed by atoms with Gasteiger partial charge in [0.15, 0.2) is 0 Å². The predicted molar refractivity (Wildman–Crippen MR) is 93.3 cm³/mol. The zero-order chi connectivity index (χ0) is 14.8. The highest BCUT2D eigenvalue weighted by Crippen LogP contribution is 2.40. The molecule has 1 aliphatic heterocycles. The molecule has 3 rings (SSSR count). The quantitative estimate of drug-likeness (QED) is 0.765.